The number of nitrogens with zero attached hydrogens (tertiary/aromatic N) is 2. The Balaban J connectivity index is 1.94. The number of amidine groups is 1. The van der Waals surface area contributed by atoms with E-state index in [9.17, 15) is 14.4 Å². The van der Waals surface area contributed by atoms with E-state index < -0.39 is 11.9 Å². The van der Waals surface area contributed by atoms with E-state index in [1.54, 1.807) is 48.4 Å². The minimum Gasteiger partial charge on any atom is -0.423 e. The van der Waals surface area contributed by atoms with Gasteiger partial charge in [0.15, 0.2) is 16.7 Å². The van der Waals surface area contributed by atoms with Gasteiger partial charge >= 0.3 is 11.9 Å². The van der Waals surface area contributed by atoms with E-state index in [-0.39, 0.29) is 17.4 Å². The summed E-state index contributed by atoms with van der Waals surface area (Å²) >= 11 is 7.20. The van der Waals surface area contributed by atoms with Crippen LogP contribution < -0.4 is 9.47 Å². The predicted octanol–water partition coefficient (Wildman–Crippen LogP) is 4.83. The summed E-state index contributed by atoms with van der Waals surface area (Å²) in [5.74, 6) is -1.12. The summed E-state index contributed by atoms with van der Waals surface area (Å²) in [4.78, 5) is 42.7. The van der Waals surface area contributed by atoms with Gasteiger partial charge in [0, 0.05) is 39.1 Å². The highest BCUT2D eigenvalue weighted by molar-refractivity contribution is 8.18. The molecule has 2 aromatic carbocycles. The molecule has 10 heteroatoms. The lowest BCUT2D eigenvalue weighted by molar-refractivity contribution is -0.134. The van der Waals surface area contributed by atoms with E-state index in [4.69, 9.17) is 25.8 Å². The smallest absolute Gasteiger partial charge is 0.308 e. The largest absolute Gasteiger partial charge is 0.423 e. The molecule has 34 heavy (non-hydrogen) atoms. The van der Waals surface area contributed by atoms with Gasteiger partial charge in [-0.1, -0.05) is 17.7 Å². The fourth-order valence-corrected chi connectivity index (χ4v) is 4.17. The molecule has 3 rings (SSSR count). The summed E-state index contributed by atoms with van der Waals surface area (Å²) in [7, 11) is 1.61. The number of esters is 2. The van der Waals surface area contributed by atoms with Crippen LogP contribution in [0.2, 0.25) is 5.02 Å². The summed E-state index contributed by atoms with van der Waals surface area (Å²) < 4.78 is 15.4. The first-order valence-corrected chi connectivity index (χ1v) is 11.5. The summed E-state index contributed by atoms with van der Waals surface area (Å²) in [5, 5.41) is 1.13. The SMILES string of the molecule is COCCCN1C(=O)/C(=C/c2ccc(OC(C)=O)c(OC(C)=O)c2)SC1=Nc1ccc(Cl)cc1. The number of thioether (sulfide) groups is 1. The molecule has 0 atom stereocenters. The Morgan fingerprint density at radius 1 is 1.06 bits per heavy atom. The van der Waals surface area contributed by atoms with Crippen LogP contribution in [0.25, 0.3) is 6.08 Å². The standard InChI is InChI=1S/C24H23ClN2O6S/c1-15(28)32-20-10-5-17(13-21(20)33-16(2)29)14-22-23(30)27(11-4-12-31-3)24(34-22)26-19-8-6-18(25)7-9-19/h5-10,13-14H,4,11-12H2,1-3H3/b22-14-,26-24?. The first-order chi connectivity index (χ1) is 16.3. The number of halogens is 1. The Kier molecular flexibility index (Phi) is 8.86. The van der Waals surface area contributed by atoms with Crippen LogP contribution in [-0.4, -0.2) is 48.2 Å². The zero-order valence-corrected chi connectivity index (χ0v) is 20.4. The van der Waals surface area contributed by atoms with Crippen LogP contribution in [0.1, 0.15) is 25.8 Å². The zero-order chi connectivity index (χ0) is 24.7. The second-order valence-corrected chi connectivity index (χ2v) is 8.62. The lowest BCUT2D eigenvalue weighted by Gasteiger charge is -2.15. The van der Waals surface area contributed by atoms with Crippen LogP contribution in [0.15, 0.2) is 52.4 Å². The molecule has 1 fully saturated rings. The van der Waals surface area contributed by atoms with Gasteiger partial charge in [0.2, 0.25) is 0 Å². The summed E-state index contributed by atoms with van der Waals surface area (Å²) in [6.45, 7) is 3.44. The Morgan fingerprint density at radius 2 is 1.74 bits per heavy atom. The van der Waals surface area contributed by atoms with Crippen molar-refractivity contribution in [2.75, 3.05) is 20.3 Å². The van der Waals surface area contributed by atoms with E-state index in [0.717, 1.165) is 0 Å². The zero-order valence-electron chi connectivity index (χ0n) is 18.9. The van der Waals surface area contributed by atoms with Gasteiger partial charge in [-0.3, -0.25) is 19.3 Å². The first-order valence-electron chi connectivity index (χ1n) is 10.3. The van der Waals surface area contributed by atoms with Crippen molar-refractivity contribution < 1.29 is 28.6 Å². The summed E-state index contributed by atoms with van der Waals surface area (Å²) in [5.41, 5.74) is 1.26. The minimum absolute atomic E-state index is 0.0829. The highest BCUT2D eigenvalue weighted by Gasteiger charge is 2.33. The molecule has 1 saturated heterocycles. The maximum absolute atomic E-state index is 13.2. The molecule has 1 heterocycles. The molecule has 178 valence electrons. The molecule has 1 amide bonds. The Bertz CT molecular complexity index is 1150. The summed E-state index contributed by atoms with van der Waals surface area (Å²) in [6, 6.07) is 11.7. The van der Waals surface area contributed by atoms with Gasteiger partial charge in [0.05, 0.1) is 10.6 Å². The minimum atomic E-state index is -0.564. The van der Waals surface area contributed by atoms with Gasteiger partial charge in [-0.15, -0.1) is 0 Å². The maximum atomic E-state index is 13.2. The quantitative estimate of drug-likeness (QED) is 0.221. The number of amides is 1. The molecule has 0 saturated carbocycles. The third-order valence-corrected chi connectivity index (χ3v) is 5.70. The van der Waals surface area contributed by atoms with Gasteiger partial charge in [-0.05, 0) is 66.2 Å². The van der Waals surface area contributed by atoms with Crippen molar-refractivity contribution in [1.29, 1.82) is 0 Å². The van der Waals surface area contributed by atoms with E-state index in [1.165, 1.54) is 37.7 Å². The van der Waals surface area contributed by atoms with Gasteiger partial charge in [-0.25, -0.2) is 4.99 Å². The van der Waals surface area contributed by atoms with Crippen molar-refractivity contribution in [1.82, 2.24) is 4.90 Å². The van der Waals surface area contributed by atoms with E-state index in [2.05, 4.69) is 4.99 Å². The van der Waals surface area contributed by atoms with Crippen molar-refractivity contribution in [2.24, 2.45) is 4.99 Å². The number of aliphatic imine (C=N–C) groups is 1. The third-order valence-electron chi connectivity index (χ3n) is 4.44. The molecule has 0 radical (unpaired) electrons. The molecule has 1 aliphatic heterocycles. The maximum Gasteiger partial charge on any atom is 0.308 e. The molecule has 0 spiro atoms. The summed E-state index contributed by atoms with van der Waals surface area (Å²) in [6.07, 6.45) is 2.31. The van der Waals surface area contributed by atoms with Gasteiger partial charge in [0.1, 0.15) is 0 Å². The van der Waals surface area contributed by atoms with Crippen LogP contribution >= 0.6 is 23.4 Å². The Hall–Kier alpha value is -3.14. The number of benzene rings is 2. The number of hydrogen-bond acceptors (Lipinski definition) is 8. The van der Waals surface area contributed by atoms with E-state index in [1.807, 2.05) is 0 Å². The Morgan fingerprint density at radius 3 is 2.38 bits per heavy atom. The molecule has 1 aliphatic rings. The molecule has 2 aromatic rings. The first kappa shape index (κ1) is 25.5. The highest BCUT2D eigenvalue weighted by atomic mass is 35.5. The van der Waals surface area contributed by atoms with Crippen LogP contribution in [0.5, 0.6) is 11.5 Å². The lowest BCUT2D eigenvalue weighted by atomic mass is 10.2. The van der Waals surface area contributed by atoms with Crippen LogP contribution in [0.4, 0.5) is 5.69 Å². The van der Waals surface area contributed by atoms with Gasteiger partial charge in [-0.2, -0.15) is 0 Å². The molecular weight excluding hydrogens is 480 g/mol. The van der Waals surface area contributed by atoms with Crippen molar-refractivity contribution >= 4 is 58.1 Å². The normalized spacial score (nSPS) is 15.8. The van der Waals surface area contributed by atoms with Crippen LogP contribution in [0, 0.1) is 0 Å². The number of ether oxygens (including phenoxy) is 3. The average Bonchev–Trinajstić information content (AvgIpc) is 3.05. The van der Waals surface area contributed by atoms with Gasteiger partial charge < -0.3 is 14.2 Å². The third kappa shape index (κ3) is 6.93. The van der Waals surface area contributed by atoms with E-state index >= 15 is 0 Å². The molecule has 0 bridgehead atoms. The second kappa shape index (κ2) is 11.8. The van der Waals surface area contributed by atoms with Gasteiger partial charge in [0.25, 0.3) is 5.91 Å². The van der Waals surface area contributed by atoms with Crippen molar-refractivity contribution in [2.45, 2.75) is 20.3 Å². The number of carbonyl (C=O) groups is 3. The monoisotopic (exact) mass is 502 g/mol. The molecule has 0 unspecified atom stereocenters. The topological polar surface area (TPSA) is 94.5 Å². The number of methoxy groups -OCH3 is 1. The highest BCUT2D eigenvalue weighted by Crippen LogP contribution is 2.36. The molecule has 0 aliphatic carbocycles. The average molecular weight is 503 g/mol. The van der Waals surface area contributed by atoms with Crippen molar-refractivity contribution in [3.05, 3.63) is 58.0 Å². The molecular formula is C24H23ClN2O6S. The van der Waals surface area contributed by atoms with Crippen molar-refractivity contribution in [3.63, 3.8) is 0 Å². The lowest BCUT2D eigenvalue weighted by Crippen LogP contribution is -2.30. The second-order valence-electron chi connectivity index (χ2n) is 7.18. The molecule has 0 aromatic heterocycles. The number of hydrogen-bond donors (Lipinski definition) is 0. The predicted molar refractivity (Wildman–Crippen MR) is 131 cm³/mol. The molecule has 0 N–H and O–H groups in total. The van der Waals surface area contributed by atoms with Crippen LogP contribution in [0.3, 0.4) is 0 Å². The fraction of sp³-hybridized carbons (Fsp3) is 0.250. The number of rotatable bonds is 8. The number of carbonyl (C=O) groups excluding carboxylic acids is 3. The Labute approximate surface area is 206 Å². The fourth-order valence-electron chi connectivity index (χ4n) is 3.02. The van der Waals surface area contributed by atoms with Crippen LogP contribution in [-0.2, 0) is 19.1 Å². The van der Waals surface area contributed by atoms with Crippen molar-refractivity contribution in [3.8, 4) is 11.5 Å². The molecule has 8 nitrogen and oxygen atoms in total. The van der Waals surface area contributed by atoms with E-state index in [0.29, 0.717) is 45.9 Å².